The van der Waals surface area contributed by atoms with E-state index in [0.29, 0.717) is 6.92 Å². The molecule has 1 aromatic heterocycles. The molecule has 116 valence electrons. The van der Waals surface area contributed by atoms with Crippen LogP contribution in [0.3, 0.4) is 0 Å². The van der Waals surface area contributed by atoms with E-state index in [1.54, 1.807) is 0 Å². The van der Waals surface area contributed by atoms with Crippen molar-refractivity contribution < 1.29 is 32.6 Å². The molecule has 1 atom stereocenters. The van der Waals surface area contributed by atoms with Crippen LogP contribution >= 0.6 is 0 Å². The van der Waals surface area contributed by atoms with E-state index in [1.807, 2.05) is 5.32 Å². The minimum Gasteiger partial charge on any atom is -0.481 e. The average Bonchev–Trinajstić information content (AvgIpc) is 2.37. The van der Waals surface area contributed by atoms with E-state index >= 15 is 0 Å². The van der Waals surface area contributed by atoms with Crippen molar-refractivity contribution in [2.75, 3.05) is 12.4 Å². The molecule has 0 radical (unpaired) electrons. The standard InChI is InChI=1S/C11H12F3N3O4/c1-10(8(18)19,11(12,13)14)17-9(20)16-6-3-4-7(21-2)15-5-6/h3-5H,1-2H3,(H,18,19)(H2,16,17,20). The lowest BCUT2D eigenvalue weighted by Gasteiger charge is -2.28. The Hall–Kier alpha value is -2.52. The molecular formula is C11H12F3N3O4. The number of carbonyl (C=O) groups is 2. The van der Waals surface area contributed by atoms with Gasteiger partial charge < -0.3 is 20.5 Å². The third-order valence-corrected chi connectivity index (χ3v) is 2.56. The van der Waals surface area contributed by atoms with Gasteiger partial charge in [0.25, 0.3) is 0 Å². The number of nitrogens with zero attached hydrogens (tertiary/aromatic N) is 1. The third kappa shape index (κ3) is 3.74. The number of pyridine rings is 1. The van der Waals surface area contributed by atoms with Gasteiger partial charge in [0, 0.05) is 6.07 Å². The molecule has 2 amide bonds. The van der Waals surface area contributed by atoms with Gasteiger partial charge >= 0.3 is 18.2 Å². The summed E-state index contributed by atoms with van der Waals surface area (Å²) in [5, 5.41) is 12.1. The van der Waals surface area contributed by atoms with Crippen LogP contribution in [0.4, 0.5) is 23.7 Å². The highest BCUT2D eigenvalue weighted by atomic mass is 19.4. The molecule has 7 nitrogen and oxygen atoms in total. The number of rotatable bonds is 4. The molecule has 0 aliphatic heterocycles. The lowest BCUT2D eigenvalue weighted by atomic mass is 10.0. The monoisotopic (exact) mass is 307 g/mol. The predicted molar refractivity (Wildman–Crippen MR) is 65.0 cm³/mol. The normalized spacial score (nSPS) is 14.0. The first-order valence-corrected chi connectivity index (χ1v) is 5.49. The zero-order chi connectivity index (χ0) is 16.3. The molecule has 0 aromatic carbocycles. The summed E-state index contributed by atoms with van der Waals surface area (Å²) in [7, 11) is 1.36. The van der Waals surface area contributed by atoms with Gasteiger partial charge in [-0.3, -0.25) is 0 Å². The van der Waals surface area contributed by atoms with Crippen molar-refractivity contribution >= 4 is 17.7 Å². The summed E-state index contributed by atoms with van der Waals surface area (Å²) in [6.45, 7) is 0.348. The van der Waals surface area contributed by atoms with Gasteiger partial charge in [0.05, 0.1) is 19.0 Å². The maximum atomic E-state index is 12.7. The Kier molecular flexibility index (Phi) is 4.61. The first-order chi connectivity index (χ1) is 9.60. The van der Waals surface area contributed by atoms with Crippen LogP contribution in [0.5, 0.6) is 5.88 Å². The van der Waals surface area contributed by atoms with Crippen LogP contribution in [-0.2, 0) is 4.79 Å². The highest BCUT2D eigenvalue weighted by Gasteiger charge is 2.58. The summed E-state index contributed by atoms with van der Waals surface area (Å²) in [4.78, 5) is 26.0. The Balaban J connectivity index is 2.81. The van der Waals surface area contributed by atoms with Crippen LogP contribution in [0.25, 0.3) is 0 Å². The smallest absolute Gasteiger partial charge is 0.422 e. The van der Waals surface area contributed by atoms with Gasteiger partial charge in [0.2, 0.25) is 11.4 Å². The molecule has 1 rings (SSSR count). The number of halogens is 3. The van der Waals surface area contributed by atoms with Gasteiger partial charge in [-0.1, -0.05) is 0 Å². The number of alkyl halides is 3. The zero-order valence-electron chi connectivity index (χ0n) is 11.0. The summed E-state index contributed by atoms with van der Waals surface area (Å²) in [5.41, 5.74) is -3.33. The summed E-state index contributed by atoms with van der Waals surface area (Å²) in [6.07, 6.45) is -4.02. The molecule has 1 heterocycles. The number of carbonyl (C=O) groups excluding carboxylic acids is 1. The predicted octanol–water partition coefficient (Wildman–Crippen LogP) is 1.62. The number of ether oxygens (including phenoxy) is 1. The van der Waals surface area contributed by atoms with Crippen LogP contribution in [0, 0.1) is 0 Å². The molecule has 0 bridgehead atoms. The van der Waals surface area contributed by atoms with E-state index in [0.717, 1.165) is 6.20 Å². The lowest BCUT2D eigenvalue weighted by Crippen LogP contribution is -2.62. The quantitative estimate of drug-likeness (QED) is 0.784. The Morgan fingerprint density at radius 3 is 2.33 bits per heavy atom. The maximum absolute atomic E-state index is 12.7. The average molecular weight is 307 g/mol. The van der Waals surface area contributed by atoms with Gasteiger partial charge in [0.15, 0.2) is 0 Å². The van der Waals surface area contributed by atoms with Gasteiger partial charge in [-0.2, -0.15) is 13.2 Å². The number of carboxylic acid groups (broad SMARTS) is 1. The number of aliphatic carboxylic acids is 1. The molecule has 0 aliphatic carbocycles. The number of urea groups is 1. The van der Waals surface area contributed by atoms with Gasteiger partial charge in [0.1, 0.15) is 0 Å². The topological polar surface area (TPSA) is 101 Å². The van der Waals surface area contributed by atoms with E-state index in [1.165, 1.54) is 24.6 Å². The summed E-state index contributed by atoms with van der Waals surface area (Å²) < 4.78 is 42.9. The second-order valence-corrected chi connectivity index (χ2v) is 4.10. The molecule has 0 saturated carbocycles. The van der Waals surface area contributed by atoms with Crippen molar-refractivity contribution in [1.82, 2.24) is 10.3 Å². The fourth-order valence-electron chi connectivity index (χ4n) is 1.21. The van der Waals surface area contributed by atoms with Crippen molar-refractivity contribution in [3.8, 4) is 5.88 Å². The van der Waals surface area contributed by atoms with Gasteiger partial charge in [-0.05, 0) is 13.0 Å². The molecule has 10 heteroatoms. The molecule has 1 aromatic rings. The van der Waals surface area contributed by atoms with Crippen molar-refractivity contribution in [3.05, 3.63) is 18.3 Å². The van der Waals surface area contributed by atoms with Crippen LogP contribution < -0.4 is 15.4 Å². The van der Waals surface area contributed by atoms with E-state index in [9.17, 15) is 22.8 Å². The first-order valence-electron chi connectivity index (χ1n) is 5.49. The minimum atomic E-state index is -5.16. The van der Waals surface area contributed by atoms with Crippen LogP contribution in [0.15, 0.2) is 18.3 Å². The van der Waals surface area contributed by atoms with Crippen LogP contribution in [-0.4, -0.2) is 40.9 Å². The number of hydrogen-bond acceptors (Lipinski definition) is 4. The fourth-order valence-corrected chi connectivity index (χ4v) is 1.21. The molecule has 21 heavy (non-hydrogen) atoms. The second-order valence-electron chi connectivity index (χ2n) is 4.10. The largest absolute Gasteiger partial charge is 0.481 e. The number of amides is 2. The summed E-state index contributed by atoms with van der Waals surface area (Å²) >= 11 is 0. The van der Waals surface area contributed by atoms with E-state index in [4.69, 9.17) is 9.84 Å². The van der Waals surface area contributed by atoms with E-state index in [-0.39, 0.29) is 11.6 Å². The molecular weight excluding hydrogens is 295 g/mol. The number of nitrogens with one attached hydrogen (secondary N) is 2. The third-order valence-electron chi connectivity index (χ3n) is 2.56. The molecule has 0 fully saturated rings. The van der Waals surface area contributed by atoms with Gasteiger partial charge in [-0.25, -0.2) is 14.6 Å². The molecule has 0 saturated heterocycles. The first kappa shape index (κ1) is 16.5. The number of carboxylic acids is 1. The molecule has 3 N–H and O–H groups in total. The van der Waals surface area contributed by atoms with E-state index in [2.05, 4.69) is 4.98 Å². The number of anilines is 1. The van der Waals surface area contributed by atoms with Crippen LogP contribution in [0.2, 0.25) is 0 Å². The van der Waals surface area contributed by atoms with Crippen LogP contribution in [0.1, 0.15) is 6.92 Å². The number of aromatic nitrogens is 1. The minimum absolute atomic E-state index is 0.0724. The van der Waals surface area contributed by atoms with Crippen molar-refractivity contribution in [1.29, 1.82) is 0 Å². The summed E-state index contributed by atoms with van der Waals surface area (Å²) in [6, 6.07) is 1.37. The van der Waals surface area contributed by atoms with Crippen molar-refractivity contribution in [2.24, 2.45) is 0 Å². The SMILES string of the molecule is COc1ccc(NC(=O)NC(C)(C(=O)O)C(F)(F)F)cn1. The van der Waals surface area contributed by atoms with Crippen molar-refractivity contribution in [3.63, 3.8) is 0 Å². The molecule has 0 spiro atoms. The molecule has 1 unspecified atom stereocenters. The zero-order valence-corrected chi connectivity index (χ0v) is 11.0. The number of hydrogen-bond donors (Lipinski definition) is 3. The second kappa shape index (κ2) is 5.85. The lowest BCUT2D eigenvalue weighted by molar-refractivity contribution is -0.203. The Morgan fingerprint density at radius 2 is 1.95 bits per heavy atom. The Labute approximate surface area is 117 Å². The maximum Gasteiger partial charge on any atom is 0.422 e. The van der Waals surface area contributed by atoms with Crippen molar-refractivity contribution in [2.45, 2.75) is 18.6 Å². The highest BCUT2D eigenvalue weighted by molar-refractivity contribution is 5.94. The highest BCUT2D eigenvalue weighted by Crippen LogP contribution is 2.30. The molecule has 0 aliphatic rings. The summed E-state index contributed by atoms with van der Waals surface area (Å²) in [5.74, 6) is -1.98. The van der Waals surface area contributed by atoms with Gasteiger partial charge in [-0.15, -0.1) is 0 Å². The van der Waals surface area contributed by atoms with E-state index < -0.39 is 23.7 Å². The fraction of sp³-hybridized carbons (Fsp3) is 0.364. The Morgan fingerprint density at radius 1 is 1.33 bits per heavy atom. The number of methoxy groups -OCH3 is 1. The Bertz CT molecular complexity index is 533.